The van der Waals surface area contributed by atoms with Crippen molar-refractivity contribution >= 4 is 18.0 Å². The summed E-state index contributed by atoms with van der Waals surface area (Å²) in [5.74, 6) is -0.188. The Hall–Kier alpha value is -1.79. The number of aliphatic hydroxyl groups is 1. The van der Waals surface area contributed by atoms with Crippen molar-refractivity contribution in [3.05, 3.63) is 23.8 Å². The number of carbonyl (C=O) groups excluding carboxylic acids is 3. The van der Waals surface area contributed by atoms with Crippen LogP contribution in [0.25, 0.3) is 0 Å². The maximum absolute atomic E-state index is 13.0. The number of rotatable bonds is 4. The van der Waals surface area contributed by atoms with Gasteiger partial charge in [0, 0.05) is 29.7 Å². The van der Waals surface area contributed by atoms with Gasteiger partial charge in [-0.05, 0) is 72.6 Å². The summed E-state index contributed by atoms with van der Waals surface area (Å²) < 4.78 is 6.10. The molecular formula is C29H43NO5. The molecule has 6 nitrogen and oxygen atoms in total. The zero-order valence-corrected chi connectivity index (χ0v) is 22.4. The Morgan fingerprint density at radius 2 is 1.89 bits per heavy atom. The van der Waals surface area contributed by atoms with E-state index in [4.69, 9.17) is 4.74 Å². The van der Waals surface area contributed by atoms with E-state index in [1.54, 1.807) is 12.2 Å². The third kappa shape index (κ3) is 3.38. The lowest BCUT2D eigenvalue weighted by molar-refractivity contribution is -0.225. The Morgan fingerprint density at radius 1 is 1.20 bits per heavy atom. The Balaban J connectivity index is 1.94. The largest absolute Gasteiger partial charge is 0.462 e. The Morgan fingerprint density at radius 3 is 2.46 bits per heavy atom. The zero-order chi connectivity index (χ0) is 26.0. The number of hydrogen-bond acceptors (Lipinski definition) is 6. The van der Waals surface area contributed by atoms with E-state index in [0.717, 1.165) is 37.8 Å². The molecule has 194 valence electrons. The SMILES string of the molecule is CC(=O)OC1CC2C(C)(C)C(=O)C=C[C@]2(C)C2(C)CC[C@@](C)(C(O)[C@@H]3CCNC3)/C(=C\C=O)[C@]12C. The first kappa shape index (κ1) is 26.3. The van der Waals surface area contributed by atoms with Gasteiger partial charge in [-0.2, -0.15) is 0 Å². The minimum absolute atomic E-state index is 0.0271. The molecule has 0 amide bonds. The normalized spacial score (nSPS) is 46.6. The predicted octanol–water partition coefficient (Wildman–Crippen LogP) is 4.02. The molecule has 8 atom stereocenters. The third-order valence-electron chi connectivity index (χ3n) is 11.3. The van der Waals surface area contributed by atoms with Gasteiger partial charge in [-0.1, -0.05) is 47.6 Å². The van der Waals surface area contributed by atoms with Gasteiger partial charge in [0.05, 0.1) is 6.10 Å². The minimum atomic E-state index is -0.703. The number of hydrogen-bond donors (Lipinski definition) is 2. The van der Waals surface area contributed by atoms with E-state index < -0.39 is 33.9 Å². The number of aliphatic hydroxyl groups excluding tert-OH is 1. The van der Waals surface area contributed by atoms with Gasteiger partial charge in [-0.25, -0.2) is 0 Å². The van der Waals surface area contributed by atoms with Crippen LogP contribution in [0.5, 0.6) is 0 Å². The van der Waals surface area contributed by atoms with Crippen molar-refractivity contribution in [2.75, 3.05) is 13.1 Å². The molecule has 0 bridgehead atoms. The van der Waals surface area contributed by atoms with Gasteiger partial charge in [0.2, 0.25) is 0 Å². The van der Waals surface area contributed by atoms with Gasteiger partial charge in [0.15, 0.2) is 5.78 Å². The number of ketones is 1. The fraction of sp³-hybridized carbons (Fsp3) is 0.759. The van der Waals surface area contributed by atoms with Crippen molar-refractivity contribution in [1.82, 2.24) is 5.32 Å². The van der Waals surface area contributed by atoms with Crippen molar-refractivity contribution in [1.29, 1.82) is 0 Å². The van der Waals surface area contributed by atoms with Crippen LogP contribution < -0.4 is 5.32 Å². The molecule has 35 heavy (non-hydrogen) atoms. The number of allylic oxidation sites excluding steroid dienone is 3. The van der Waals surface area contributed by atoms with E-state index in [9.17, 15) is 19.5 Å². The lowest BCUT2D eigenvalue weighted by atomic mass is 9.32. The predicted molar refractivity (Wildman–Crippen MR) is 134 cm³/mol. The summed E-state index contributed by atoms with van der Waals surface area (Å²) >= 11 is 0. The molecular weight excluding hydrogens is 442 g/mol. The molecule has 0 aromatic carbocycles. The molecule has 0 aromatic heterocycles. The van der Waals surface area contributed by atoms with Crippen LogP contribution in [0.15, 0.2) is 23.8 Å². The maximum atomic E-state index is 13.0. The summed E-state index contributed by atoms with van der Waals surface area (Å²) in [6.45, 7) is 15.8. The highest BCUT2D eigenvalue weighted by Gasteiger charge is 2.73. The molecule has 4 rings (SSSR count). The highest BCUT2D eigenvalue weighted by atomic mass is 16.5. The molecule has 4 aliphatic rings. The standard InChI is InChI=1S/C29H43NO5/c1-18(32)35-23-16-21-25(2,3)22(33)8-11-27(21,5)28(6)13-12-26(4,20(10-15-31)29(23,28)7)24(34)19-9-14-30-17-19/h8,10-11,15,19,21,23-24,30,34H,9,12-14,16-17H2,1-7H3/b20-10+/t19-,21?,23?,24?,26-,27+,28?,29-/m1/s1. The van der Waals surface area contributed by atoms with E-state index in [0.29, 0.717) is 12.8 Å². The number of carbonyl (C=O) groups is 3. The Labute approximate surface area is 209 Å². The zero-order valence-electron chi connectivity index (χ0n) is 22.4. The number of aldehydes is 1. The van der Waals surface area contributed by atoms with E-state index in [1.807, 2.05) is 13.8 Å². The van der Waals surface area contributed by atoms with Crippen LogP contribution in [0.2, 0.25) is 0 Å². The second kappa shape index (κ2) is 8.37. The summed E-state index contributed by atoms with van der Waals surface area (Å²) in [4.78, 5) is 37.5. The fourth-order valence-electron chi connectivity index (χ4n) is 8.78. The lowest BCUT2D eigenvalue weighted by Crippen LogP contribution is -2.70. The smallest absolute Gasteiger partial charge is 0.302 e. The molecule has 2 N–H and O–H groups in total. The van der Waals surface area contributed by atoms with Crippen molar-refractivity contribution in [2.45, 2.75) is 86.4 Å². The molecule has 3 aliphatic carbocycles. The highest BCUT2D eigenvalue weighted by molar-refractivity contribution is 5.96. The van der Waals surface area contributed by atoms with Crippen LogP contribution in [-0.4, -0.2) is 48.4 Å². The van der Waals surface area contributed by atoms with Crippen LogP contribution in [0, 0.1) is 38.9 Å². The summed E-state index contributed by atoms with van der Waals surface area (Å²) in [6.07, 6.45) is 8.09. The van der Waals surface area contributed by atoms with Crippen molar-refractivity contribution in [3.63, 3.8) is 0 Å². The van der Waals surface area contributed by atoms with Crippen LogP contribution >= 0.6 is 0 Å². The van der Waals surface area contributed by atoms with Gasteiger partial charge < -0.3 is 15.2 Å². The molecule has 0 aromatic rings. The van der Waals surface area contributed by atoms with Crippen LogP contribution in [-0.2, 0) is 19.1 Å². The molecule has 1 aliphatic heterocycles. The summed E-state index contributed by atoms with van der Waals surface area (Å²) in [7, 11) is 0. The van der Waals surface area contributed by atoms with Crippen molar-refractivity contribution in [2.24, 2.45) is 38.9 Å². The molecule has 1 heterocycles. The minimum Gasteiger partial charge on any atom is -0.462 e. The number of fused-ring (bicyclic) bond motifs is 3. The monoisotopic (exact) mass is 485 g/mol. The molecule has 0 radical (unpaired) electrons. The van der Waals surface area contributed by atoms with Gasteiger partial charge in [0.1, 0.15) is 12.4 Å². The average molecular weight is 486 g/mol. The first-order valence-electron chi connectivity index (χ1n) is 13.2. The third-order valence-corrected chi connectivity index (χ3v) is 11.3. The number of ether oxygens (including phenoxy) is 1. The second-order valence-electron chi connectivity index (χ2n) is 13.0. The molecule has 0 spiro atoms. The van der Waals surface area contributed by atoms with E-state index in [-0.39, 0.29) is 29.0 Å². The quantitative estimate of drug-likeness (QED) is 0.355. The van der Waals surface area contributed by atoms with Gasteiger partial charge in [-0.15, -0.1) is 0 Å². The Bertz CT molecular complexity index is 978. The lowest BCUT2D eigenvalue weighted by Gasteiger charge is -2.72. The second-order valence-corrected chi connectivity index (χ2v) is 13.0. The van der Waals surface area contributed by atoms with Crippen LogP contribution in [0.1, 0.15) is 74.1 Å². The van der Waals surface area contributed by atoms with Crippen molar-refractivity contribution < 1.29 is 24.2 Å². The first-order valence-corrected chi connectivity index (χ1v) is 13.2. The molecule has 1 saturated heterocycles. The summed E-state index contributed by atoms with van der Waals surface area (Å²) in [5.41, 5.74) is -1.83. The van der Waals surface area contributed by atoms with Gasteiger partial charge in [-0.3, -0.25) is 14.4 Å². The summed E-state index contributed by atoms with van der Waals surface area (Å²) in [6, 6.07) is 0. The molecule has 3 fully saturated rings. The Kier molecular flexibility index (Phi) is 6.29. The van der Waals surface area contributed by atoms with Gasteiger partial charge in [0.25, 0.3) is 0 Å². The van der Waals surface area contributed by atoms with Crippen molar-refractivity contribution in [3.8, 4) is 0 Å². The average Bonchev–Trinajstić information content (AvgIpc) is 3.32. The number of esters is 1. The van der Waals surface area contributed by atoms with E-state index in [1.165, 1.54) is 6.92 Å². The first-order chi connectivity index (χ1) is 16.2. The molecule has 4 unspecified atom stereocenters. The summed E-state index contributed by atoms with van der Waals surface area (Å²) in [5, 5.41) is 15.1. The van der Waals surface area contributed by atoms with E-state index >= 15 is 0 Å². The topological polar surface area (TPSA) is 92.7 Å². The van der Waals surface area contributed by atoms with Crippen LogP contribution in [0.4, 0.5) is 0 Å². The molecule has 6 heteroatoms. The number of nitrogens with one attached hydrogen (secondary N) is 1. The fourth-order valence-corrected chi connectivity index (χ4v) is 8.78. The van der Waals surface area contributed by atoms with Crippen LogP contribution in [0.3, 0.4) is 0 Å². The van der Waals surface area contributed by atoms with E-state index in [2.05, 4.69) is 39.1 Å². The van der Waals surface area contributed by atoms with Gasteiger partial charge >= 0.3 is 5.97 Å². The maximum Gasteiger partial charge on any atom is 0.302 e. The molecule has 2 saturated carbocycles. The highest BCUT2D eigenvalue weighted by Crippen LogP contribution is 2.75.